The van der Waals surface area contributed by atoms with Crippen LogP contribution in [0.1, 0.15) is 54.6 Å². The van der Waals surface area contributed by atoms with Crippen molar-refractivity contribution in [1.29, 1.82) is 0 Å². The molecule has 1 saturated carbocycles. The largest absolute Gasteiger partial charge is 0.393 e. The Kier molecular flexibility index (Phi) is 7.17. The Morgan fingerprint density at radius 1 is 1.33 bits per heavy atom. The second-order valence-corrected chi connectivity index (χ2v) is 9.76. The van der Waals surface area contributed by atoms with E-state index in [9.17, 15) is 18.3 Å². The zero-order valence-electron chi connectivity index (χ0n) is 18.1. The lowest BCUT2D eigenvalue weighted by Gasteiger charge is -2.15. The molecule has 1 fully saturated rings. The predicted octanol–water partition coefficient (Wildman–Crippen LogP) is 1.18. The van der Waals surface area contributed by atoms with Gasteiger partial charge in [0.25, 0.3) is 0 Å². The van der Waals surface area contributed by atoms with Gasteiger partial charge < -0.3 is 10.4 Å². The summed E-state index contributed by atoms with van der Waals surface area (Å²) < 4.78 is 28.5. The van der Waals surface area contributed by atoms with Gasteiger partial charge >= 0.3 is 10.3 Å². The zero-order chi connectivity index (χ0) is 23.4. The van der Waals surface area contributed by atoms with Crippen molar-refractivity contribution in [2.75, 3.05) is 11.9 Å². The minimum atomic E-state index is -4.08. The van der Waals surface area contributed by atoms with E-state index in [1.807, 2.05) is 0 Å². The van der Waals surface area contributed by atoms with E-state index in [2.05, 4.69) is 30.6 Å². The fourth-order valence-corrected chi connectivity index (χ4v) is 4.72. The highest BCUT2D eigenvalue weighted by Crippen LogP contribution is 2.30. The smallest absolute Gasteiger partial charge is 0.333 e. The molecule has 0 saturated heterocycles. The molecule has 11 nitrogen and oxygen atoms in total. The van der Waals surface area contributed by atoms with Crippen LogP contribution in [0.25, 0.3) is 0 Å². The maximum atomic E-state index is 13.1. The fourth-order valence-electron chi connectivity index (χ4n) is 4.35. The van der Waals surface area contributed by atoms with Crippen molar-refractivity contribution in [3.05, 3.63) is 47.7 Å². The van der Waals surface area contributed by atoms with E-state index in [1.54, 1.807) is 16.9 Å². The van der Waals surface area contributed by atoms with Gasteiger partial charge in [-0.2, -0.15) is 13.5 Å². The molecular formula is C21H28N6O5S. The molecule has 2 aliphatic rings. The van der Waals surface area contributed by atoms with Crippen molar-refractivity contribution < 1.29 is 22.5 Å². The third-order valence-corrected chi connectivity index (χ3v) is 6.49. The number of ketones is 1. The molecule has 4 N–H and O–H groups in total. The van der Waals surface area contributed by atoms with Crippen LogP contribution in [0.5, 0.6) is 0 Å². The number of aliphatic hydroxyl groups excluding tert-OH is 1. The number of nitrogens with two attached hydrogens (primary N) is 1. The number of nitrogens with zero attached hydrogens (tertiary/aromatic N) is 4. The molecule has 178 valence electrons. The summed E-state index contributed by atoms with van der Waals surface area (Å²) in [6.07, 6.45) is 11.4. The highest BCUT2D eigenvalue weighted by atomic mass is 32.2. The summed E-state index contributed by atoms with van der Waals surface area (Å²) in [5, 5.41) is 22.7. The van der Waals surface area contributed by atoms with Crippen LogP contribution < -0.4 is 10.5 Å². The standard InChI is InChI=1S/C21H28N6O5S/c22-33(30,31)32-12-15-8-16(9-19(15)28)25-21-17(10-23-13-24-21)20(29)18-6-7-27(26-18)11-14-4-2-1-3-5-14/h4,6-7,10,13,15-16,19,28H,1-3,5,8-9,11-12H2,(H2,22,30,31)(H,23,24,25)/t15-,16-,19+/m1/s1. The van der Waals surface area contributed by atoms with Crippen molar-refractivity contribution in [3.63, 3.8) is 0 Å². The number of carbonyl (C=O) groups excluding carboxylic acids is 1. The minimum Gasteiger partial charge on any atom is -0.393 e. The van der Waals surface area contributed by atoms with E-state index in [1.165, 1.54) is 30.9 Å². The first-order valence-corrected chi connectivity index (χ1v) is 12.4. The summed E-state index contributed by atoms with van der Waals surface area (Å²) in [4.78, 5) is 21.3. The molecule has 0 radical (unpaired) electrons. The van der Waals surface area contributed by atoms with E-state index < -0.39 is 22.3 Å². The number of carbonyl (C=O) groups is 1. The number of rotatable bonds is 9. The van der Waals surface area contributed by atoms with Crippen LogP contribution in [0.3, 0.4) is 0 Å². The summed E-state index contributed by atoms with van der Waals surface area (Å²) in [6, 6.07) is 1.45. The van der Waals surface area contributed by atoms with Gasteiger partial charge in [0.05, 0.1) is 24.8 Å². The Bertz CT molecular complexity index is 1130. The topological polar surface area (TPSA) is 162 Å². The van der Waals surface area contributed by atoms with Gasteiger partial charge in [-0.05, 0) is 44.6 Å². The Morgan fingerprint density at radius 2 is 2.18 bits per heavy atom. The summed E-state index contributed by atoms with van der Waals surface area (Å²) in [6.45, 7) is 0.466. The van der Waals surface area contributed by atoms with Crippen molar-refractivity contribution in [3.8, 4) is 0 Å². The summed E-state index contributed by atoms with van der Waals surface area (Å²) >= 11 is 0. The van der Waals surface area contributed by atoms with Crippen molar-refractivity contribution in [1.82, 2.24) is 19.7 Å². The van der Waals surface area contributed by atoms with E-state index in [4.69, 9.17) is 5.14 Å². The summed E-state index contributed by atoms with van der Waals surface area (Å²) in [7, 11) is -4.08. The van der Waals surface area contributed by atoms with Crippen molar-refractivity contribution >= 4 is 21.9 Å². The maximum Gasteiger partial charge on any atom is 0.333 e. The van der Waals surface area contributed by atoms with Crippen LogP contribution in [0.15, 0.2) is 36.4 Å². The van der Waals surface area contributed by atoms with Gasteiger partial charge in [0.2, 0.25) is 5.78 Å². The monoisotopic (exact) mass is 476 g/mol. The predicted molar refractivity (Wildman–Crippen MR) is 119 cm³/mol. The number of hydrogen-bond acceptors (Lipinski definition) is 9. The van der Waals surface area contributed by atoms with Gasteiger partial charge in [-0.15, -0.1) is 0 Å². The Labute approximate surface area is 192 Å². The first-order valence-electron chi connectivity index (χ1n) is 11.0. The lowest BCUT2D eigenvalue weighted by molar-refractivity contribution is 0.101. The summed E-state index contributed by atoms with van der Waals surface area (Å²) in [5.41, 5.74) is 1.91. The molecule has 0 bridgehead atoms. The second kappa shape index (κ2) is 10.1. The normalized spacial score (nSPS) is 23.3. The lowest BCUT2D eigenvalue weighted by Crippen LogP contribution is -2.24. The number of allylic oxidation sites excluding steroid dienone is 2. The SMILES string of the molecule is NS(=O)(=O)OC[C@H]1C[C@@H](Nc2ncncc2C(=O)c2ccn(CC3=CCCCC3)n2)C[C@@H]1O. The van der Waals surface area contributed by atoms with Crippen LogP contribution in [0.4, 0.5) is 5.82 Å². The molecule has 0 spiro atoms. The Hall–Kier alpha value is -2.67. The van der Waals surface area contributed by atoms with Gasteiger partial charge in [-0.3, -0.25) is 13.7 Å². The first kappa shape index (κ1) is 23.5. The lowest BCUT2D eigenvalue weighted by atomic mass is 10.00. The number of anilines is 1. The maximum absolute atomic E-state index is 13.1. The quantitative estimate of drug-likeness (QED) is 0.356. The molecule has 2 aromatic rings. The summed E-state index contributed by atoms with van der Waals surface area (Å²) in [5.74, 6) is -0.376. The van der Waals surface area contributed by atoms with Gasteiger partial charge in [0.1, 0.15) is 17.8 Å². The van der Waals surface area contributed by atoms with Gasteiger partial charge in [0, 0.05) is 24.4 Å². The number of nitrogens with one attached hydrogen (secondary N) is 1. The molecule has 0 aromatic carbocycles. The van der Waals surface area contributed by atoms with E-state index >= 15 is 0 Å². The first-order chi connectivity index (χ1) is 15.8. The molecule has 2 aromatic heterocycles. The molecule has 2 heterocycles. The Morgan fingerprint density at radius 3 is 2.94 bits per heavy atom. The fraction of sp³-hybridized carbons (Fsp3) is 0.524. The number of aliphatic hydroxyl groups is 1. The van der Waals surface area contributed by atoms with Crippen LogP contribution in [-0.4, -0.2) is 57.8 Å². The molecule has 4 rings (SSSR count). The van der Waals surface area contributed by atoms with Crippen LogP contribution in [0.2, 0.25) is 0 Å². The molecule has 0 unspecified atom stereocenters. The highest BCUT2D eigenvalue weighted by molar-refractivity contribution is 7.84. The van der Waals surface area contributed by atoms with E-state index in [0.29, 0.717) is 30.9 Å². The molecule has 3 atom stereocenters. The molecule has 2 aliphatic carbocycles. The van der Waals surface area contributed by atoms with E-state index in [0.717, 1.165) is 12.8 Å². The zero-order valence-corrected chi connectivity index (χ0v) is 18.9. The van der Waals surface area contributed by atoms with Crippen LogP contribution >= 0.6 is 0 Å². The average molecular weight is 477 g/mol. The third-order valence-electron chi connectivity index (χ3n) is 6.02. The molecule has 33 heavy (non-hydrogen) atoms. The molecule has 0 amide bonds. The van der Waals surface area contributed by atoms with Crippen molar-refractivity contribution in [2.45, 2.75) is 57.2 Å². The molecule has 12 heteroatoms. The third kappa shape index (κ3) is 6.22. The van der Waals surface area contributed by atoms with Gasteiger partial charge in [-0.25, -0.2) is 15.1 Å². The Balaban J connectivity index is 1.42. The second-order valence-electron chi connectivity index (χ2n) is 8.54. The van der Waals surface area contributed by atoms with Gasteiger partial charge in [-0.1, -0.05) is 11.6 Å². The van der Waals surface area contributed by atoms with E-state index in [-0.39, 0.29) is 24.0 Å². The average Bonchev–Trinajstić information content (AvgIpc) is 3.38. The number of hydrogen-bond donors (Lipinski definition) is 3. The highest BCUT2D eigenvalue weighted by Gasteiger charge is 2.34. The van der Waals surface area contributed by atoms with Crippen LogP contribution in [0, 0.1) is 5.92 Å². The van der Waals surface area contributed by atoms with Crippen LogP contribution in [-0.2, 0) is 21.0 Å². The van der Waals surface area contributed by atoms with Gasteiger partial charge in [0.15, 0.2) is 0 Å². The molecular weight excluding hydrogens is 448 g/mol. The number of aromatic nitrogens is 4. The molecule has 0 aliphatic heterocycles. The minimum absolute atomic E-state index is 0.207. The van der Waals surface area contributed by atoms with Crippen molar-refractivity contribution in [2.24, 2.45) is 11.1 Å².